The van der Waals surface area contributed by atoms with E-state index in [1.807, 2.05) is 11.0 Å². The Labute approximate surface area is 217 Å². The lowest BCUT2D eigenvalue weighted by Gasteiger charge is -2.44. The van der Waals surface area contributed by atoms with Crippen LogP contribution in [-0.2, 0) is 27.9 Å². The lowest BCUT2D eigenvalue weighted by atomic mass is 9.86. The molecule has 1 aliphatic carbocycles. The number of alkyl halides is 3. The lowest BCUT2D eigenvalue weighted by Crippen LogP contribution is -2.49. The van der Waals surface area contributed by atoms with Crippen LogP contribution in [-0.4, -0.2) is 45.0 Å². The first-order valence-corrected chi connectivity index (χ1v) is 13.0. The Morgan fingerprint density at radius 2 is 1.92 bits per heavy atom. The first kappa shape index (κ1) is 25.1. The van der Waals surface area contributed by atoms with E-state index in [4.69, 9.17) is 4.74 Å². The number of rotatable bonds is 4. The zero-order valence-corrected chi connectivity index (χ0v) is 21.2. The van der Waals surface area contributed by atoms with Gasteiger partial charge in [-0.2, -0.15) is 13.2 Å². The van der Waals surface area contributed by atoms with Crippen molar-refractivity contribution in [2.24, 2.45) is 5.92 Å². The number of hydrogen-bond donors (Lipinski definition) is 1. The molecule has 1 amide bonds. The molecule has 0 bridgehead atoms. The van der Waals surface area contributed by atoms with Crippen molar-refractivity contribution in [1.29, 1.82) is 0 Å². The molecule has 1 spiro atoms. The molecule has 2 fully saturated rings. The summed E-state index contributed by atoms with van der Waals surface area (Å²) in [5.41, 5.74) is -0.286. The minimum atomic E-state index is -4.78. The van der Waals surface area contributed by atoms with Gasteiger partial charge < -0.3 is 19.5 Å². The number of halogens is 4. The summed E-state index contributed by atoms with van der Waals surface area (Å²) in [6.45, 7) is 5.70. The van der Waals surface area contributed by atoms with Gasteiger partial charge in [-0.05, 0) is 51.7 Å². The maximum Gasteiger partial charge on any atom is 0.419 e. The molecule has 2 aromatic heterocycles. The van der Waals surface area contributed by atoms with Gasteiger partial charge in [0.1, 0.15) is 28.7 Å². The molecule has 1 aromatic carbocycles. The quantitative estimate of drug-likeness (QED) is 0.461. The van der Waals surface area contributed by atoms with Gasteiger partial charge in [0.05, 0.1) is 29.3 Å². The number of fused-ring (bicyclic) bond motifs is 4. The molecule has 3 aliphatic rings. The summed E-state index contributed by atoms with van der Waals surface area (Å²) >= 11 is 0. The fraction of sp³-hybridized carbons (Fsp3) is 0.519. The van der Waals surface area contributed by atoms with Crippen LogP contribution in [0.1, 0.15) is 61.3 Å². The van der Waals surface area contributed by atoms with Gasteiger partial charge in [0.25, 0.3) is 0 Å². The highest BCUT2D eigenvalue weighted by atomic mass is 19.4. The molecule has 0 radical (unpaired) electrons. The molecule has 2 aliphatic heterocycles. The Morgan fingerprint density at radius 3 is 2.61 bits per heavy atom. The van der Waals surface area contributed by atoms with E-state index in [9.17, 15) is 22.4 Å². The van der Waals surface area contributed by atoms with E-state index in [0.29, 0.717) is 61.8 Å². The van der Waals surface area contributed by atoms with Crippen LogP contribution in [0.3, 0.4) is 0 Å². The summed E-state index contributed by atoms with van der Waals surface area (Å²) in [6, 6.07) is 4.48. The zero-order valence-electron chi connectivity index (χ0n) is 21.2. The molecular formula is C27H29F4N5O2. The third-order valence-corrected chi connectivity index (χ3v) is 7.99. The average molecular weight is 532 g/mol. The monoisotopic (exact) mass is 531 g/mol. The number of nitrogens with zero attached hydrogens (tertiary/aromatic N) is 4. The van der Waals surface area contributed by atoms with Crippen molar-refractivity contribution in [2.45, 2.75) is 63.9 Å². The molecule has 1 saturated heterocycles. The Hall–Kier alpha value is -3.21. The predicted octanol–water partition coefficient (Wildman–Crippen LogP) is 5.33. The number of ether oxygens (including phenoxy) is 1. The minimum absolute atomic E-state index is 0.0966. The number of aromatic nitrogens is 3. The van der Waals surface area contributed by atoms with Crippen LogP contribution in [0.15, 0.2) is 24.3 Å². The number of carbonyl (C=O) groups excluding carboxylic acids is 1. The molecule has 1 saturated carbocycles. The third-order valence-electron chi connectivity index (χ3n) is 7.99. The van der Waals surface area contributed by atoms with Crippen molar-refractivity contribution >= 4 is 22.8 Å². The van der Waals surface area contributed by atoms with Crippen LogP contribution < -0.4 is 5.32 Å². The van der Waals surface area contributed by atoms with Gasteiger partial charge in [-0.3, -0.25) is 4.79 Å². The molecule has 1 N–H and O–H groups in total. The number of benzene rings is 1. The number of carbonyl (C=O) groups is 1. The van der Waals surface area contributed by atoms with Crippen LogP contribution in [0.4, 0.5) is 23.4 Å². The van der Waals surface area contributed by atoms with E-state index >= 15 is 0 Å². The first-order valence-electron chi connectivity index (χ1n) is 13.0. The molecule has 38 heavy (non-hydrogen) atoms. The van der Waals surface area contributed by atoms with Gasteiger partial charge in [0.2, 0.25) is 5.91 Å². The topological polar surface area (TPSA) is 72.3 Å². The lowest BCUT2D eigenvalue weighted by molar-refractivity contribution is -0.144. The van der Waals surface area contributed by atoms with E-state index in [1.54, 1.807) is 13.8 Å². The Morgan fingerprint density at radius 1 is 1.18 bits per heavy atom. The molecule has 4 heterocycles. The molecule has 7 nitrogen and oxygen atoms in total. The van der Waals surface area contributed by atoms with Gasteiger partial charge in [0, 0.05) is 31.1 Å². The molecule has 11 heteroatoms. The highest BCUT2D eigenvalue weighted by Crippen LogP contribution is 2.44. The average Bonchev–Trinajstić information content (AvgIpc) is 3.65. The summed E-state index contributed by atoms with van der Waals surface area (Å²) in [6.07, 6.45) is -1.50. The SMILES string of the molecule is Cc1nc(N[C@H](C)c2cccc(C(F)(F)F)c2F)c2cc3n(c2n1)CCOC31CCN(C(=O)C2CC2)CC1. The highest BCUT2D eigenvalue weighted by molar-refractivity contribution is 5.89. The van der Waals surface area contributed by atoms with Crippen LogP contribution in [0, 0.1) is 18.7 Å². The maximum atomic E-state index is 14.8. The molecule has 202 valence electrons. The number of piperidine rings is 1. The Balaban J connectivity index is 1.33. The van der Waals surface area contributed by atoms with Crippen molar-refractivity contribution in [1.82, 2.24) is 19.4 Å². The van der Waals surface area contributed by atoms with Gasteiger partial charge in [-0.15, -0.1) is 0 Å². The van der Waals surface area contributed by atoms with Gasteiger partial charge >= 0.3 is 6.18 Å². The molecule has 1 atom stereocenters. The summed E-state index contributed by atoms with van der Waals surface area (Å²) < 4.78 is 63.2. The van der Waals surface area contributed by atoms with Gasteiger partial charge in [-0.25, -0.2) is 14.4 Å². The molecule has 3 aromatic rings. The van der Waals surface area contributed by atoms with E-state index in [0.717, 1.165) is 24.6 Å². The second-order valence-electron chi connectivity index (χ2n) is 10.6. The van der Waals surface area contributed by atoms with Crippen LogP contribution in [0.5, 0.6) is 0 Å². The second kappa shape index (κ2) is 8.93. The van der Waals surface area contributed by atoms with Gasteiger partial charge in [0.15, 0.2) is 0 Å². The Bertz CT molecular complexity index is 1410. The highest BCUT2D eigenvalue weighted by Gasteiger charge is 2.45. The second-order valence-corrected chi connectivity index (χ2v) is 10.6. The van der Waals surface area contributed by atoms with Crippen molar-refractivity contribution < 1.29 is 27.1 Å². The number of hydrogen-bond acceptors (Lipinski definition) is 5. The van der Waals surface area contributed by atoms with Gasteiger partial charge in [-0.1, -0.05) is 12.1 Å². The van der Waals surface area contributed by atoms with Crippen LogP contribution in [0.2, 0.25) is 0 Å². The standard InChI is InChI=1S/C27H29F4N5O2/c1-15(18-4-3-5-20(22(18)28)27(29,30)31)32-23-19-14-21-26(8-10-35(11-9-26)25(37)17-6-7-17)38-13-12-36(21)24(19)34-16(2)33-23/h3-5,14-15,17H,6-13H2,1-2H3,(H,32,33,34)/t15-/m1/s1. The number of aryl methyl sites for hydroxylation is 1. The maximum absolute atomic E-state index is 14.8. The number of likely N-dealkylation sites (tertiary alicyclic amines) is 1. The van der Waals surface area contributed by atoms with E-state index in [1.165, 1.54) is 12.1 Å². The van der Waals surface area contributed by atoms with E-state index in [-0.39, 0.29) is 17.4 Å². The Kier molecular flexibility index (Phi) is 5.89. The summed E-state index contributed by atoms with van der Waals surface area (Å²) in [5, 5.41) is 3.84. The molecule has 0 unspecified atom stereocenters. The van der Waals surface area contributed by atoms with E-state index < -0.39 is 29.2 Å². The van der Waals surface area contributed by atoms with E-state index in [2.05, 4.69) is 19.9 Å². The fourth-order valence-corrected chi connectivity index (χ4v) is 5.82. The van der Waals surface area contributed by atoms with Crippen LogP contribution >= 0.6 is 0 Å². The first-order chi connectivity index (χ1) is 18.1. The molecular weight excluding hydrogens is 502 g/mol. The van der Waals surface area contributed by atoms with Crippen molar-refractivity contribution in [2.75, 3.05) is 25.0 Å². The summed E-state index contributed by atoms with van der Waals surface area (Å²) in [4.78, 5) is 23.7. The number of amides is 1. The predicted molar refractivity (Wildman–Crippen MR) is 132 cm³/mol. The smallest absolute Gasteiger partial charge is 0.367 e. The van der Waals surface area contributed by atoms with Crippen molar-refractivity contribution in [3.05, 3.63) is 52.7 Å². The largest absolute Gasteiger partial charge is 0.419 e. The summed E-state index contributed by atoms with van der Waals surface area (Å²) in [7, 11) is 0. The minimum Gasteiger partial charge on any atom is -0.367 e. The van der Waals surface area contributed by atoms with Crippen molar-refractivity contribution in [3.8, 4) is 0 Å². The third kappa shape index (κ3) is 4.20. The normalized spacial score (nSPS) is 20.0. The number of nitrogens with one attached hydrogen (secondary N) is 1. The molecule has 6 rings (SSSR count). The van der Waals surface area contributed by atoms with Crippen molar-refractivity contribution in [3.63, 3.8) is 0 Å². The zero-order chi connectivity index (χ0) is 26.8. The van der Waals surface area contributed by atoms with Crippen LogP contribution in [0.25, 0.3) is 11.0 Å². The number of anilines is 1. The summed E-state index contributed by atoms with van der Waals surface area (Å²) in [5.74, 6) is 0.0366. The fourth-order valence-electron chi connectivity index (χ4n) is 5.82.